The highest BCUT2D eigenvalue weighted by Crippen LogP contribution is 2.31. The van der Waals surface area contributed by atoms with Crippen LogP contribution in [0.2, 0.25) is 5.02 Å². The zero-order valence-corrected chi connectivity index (χ0v) is 15.4. The largest absolute Gasteiger partial charge is 0.486 e. The Bertz CT molecular complexity index is 972. The van der Waals surface area contributed by atoms with Crippen LogP contribution in [0.3, 0.4) is 0 Å². The summed E-state index contributed by atoms with van der Waals surface area (Å²) in [6, 6.07) is 16.6. The summed E-state index contributed by atoms with van der Waals surface area (Å²) in [7, 11) is 1.73. The maximum atomic E-state index is 12.7. The molecule has 0 fully saturated rings. The van der Waals surface area contributed by atoms with Crippen LogP contribution in [0.4, 0.5) is 0 Å². The van der Waals surface area contributed by atoms with Crippen molar-refractivity contribution in [2.45, 2.75) is 6.10 Å². The van der Waals surface area contributed by atoms with E-state index in [4.69, 9.17) is 21.1 Å². The predicted molar refractivity (Wildman–Crippen MR) is 102 cm³/mol. The number of H-pyrrole nitrogens is 1. The number of nitrogens with one attached hydrogen (secondary N) is 1. The Labute approximate surface area is 161 Å². The second-order valence-corrected chi connectivity index (χ2v) is 6.80. The van der Waals surface area contributed by atoms with Crippen LogP contribution in [-0.2, 0) is 0 Å². The fourth-order valence-corrected chi connectivity index (χ4v) is 3.16. The molecule has 1 amide bonds. The average Bonchev–Trinajstić information content (AvgIpc) is 3.17. The Morgan fingerprint density at radius 2 is 2.04 bits per heavy atom. The summed E-state index contributed by atoms with van der Waals surface area (Å²) in [5, 5.41) is 7.64. The third kappa shape index (κ3) is 3.75. The van der Waals surface area contributed by atoms with Crippen molar-refractivity contribution in [3.63, 3.8) is 0 Å². The van der Waals surface area contributed by atoms with Crippen LogP contribution in [0, 0.1) is 0 Å². The van der Waals surface area contributed by atoms with Gasteiger partial charge >= 0.3 is 0 Å². The number of aromatic amines is 1. The fraction of sp³-hybridized carbons (Fsp3) is 0.200. The highest BCUT2D eigenvalue weighted by atomic mass is 35.5. The average molecular weight is 384 g/mol. The van der Waals surface area contributed by atoms with Gasteiger partial charge in [0.1, 0.15) is 12.3 Å². The molecule has 0 aliphatic carbocycles. The summed E-state index contributed by atoms with van der Waals surface area (Å²) in [6.45, 7) is 0.796. The van der Waals surface area contributed by atoms with Crippen molar-refractivity contribution in [1.29, 1.82) is 0 Å². The van der Waals surface area contributed by atoms with Crippen LogP contribution in [0.5, 0.6) is 11.5 Å². The van der Waals surface area contributed by atoms with Gasteiger partial charge in [0.05, 0.1) is 12.2 Å². The molecule has 0 spiro atoms. The summed E-state index contributed by atoms with van der Waals surface area (Å²) in [5.74, 6) is 1.25. The molecule has 138 valence electrons. The van der Waals surface area contributed by atoms with Crippen LogP contribution < -0.4 is 9.47 Å². The number of likely N-dealkylation sites (N-methyl/N-ethyl adjacent to an activating group) is 1. The number of halogens is 1. The van der Waals surface area contributed by atoms with Crippen molar-refractivity contribution < 1.29 is 14.3 Å². The quantitative estimate of drug-likeness (QED) is 0.746. The number of hydrogen-bond acceptors (Lipinski definition) is 4. The maximum absolute atomic E-state index is 12.7. The number of amides is 1. The Morgan fingerprint density at radius 3 is 2.85 bits per heavy atom. The molecule has 27 heavy (non-hydrogen) atoms. The van der Waals surface area contributed by atoms with Crippen LogP contribution in [0.15, 0.2) is 54.6 Å². The predicted octanol–water partition coefficient (Wildman–Crippen LogP) is 3.64. The van der Waals surface area contributed by atoms with Crippen LogP contribution >= 0.6 is 11.6 Å². The van der Waals surface area contributed by atoms with E-state index in [0.29, 0.717) is 35.3 Å². The minimum Gasteiger partial charge on any atom is -0.486 e. The van der Waals surface area contributed by atoms with Crippen molar-refractivity contribution in [2.75, 3.05) is 20.2 Å². The number of rotatable bonds is 4. The van der Waals surface area contributed by atoms with Gasteiger partial charge in [0.25, 0.3) is 5.91 Å². The van der Waals surface area contributed by atoms with E-state index in [0.717, 1.165) is 11.3 Å². The molecule has 4 rings (SSSR count). The molecule has 6 nitrogen and oxygen atoms in total. The number of carbonyl (C=O) groups is 1. The molecule has 7 heteroatoms. The van der Waals surface area contributed by atoms with E-state index in [-0.39, 0.29) is 12.0 Å². The molecular weight excluding hydrogens is 366 g/mol. The number of ether oxygens (including phenoxy) is 2. The lowest BCUT2D eigenvalue weighted by molar-refractivity contribution is 0.0517. The molecule has 3 aromatic rings. The Balaban J connectivity index is 1.43. The van der Waals surface area contributed by atoms with Gasteiger partial charge in [-0.05, 0) is 30.3 Å². The van der Waals surface area contributed by atoms with Gasteiger partial charge in [-0.1, -0.05) is 35.9 Å². The Kier molecular flexibility index (Phi) is 4.73. The van der Waals surface area contributed by atoms with E-state index in [2.05, 4.69) is 10.2 Å². The van der Waals surface area contributed by atoms with Crippen molar-refractivity contribution in [3.05, 3.63) is 65.3 Å². The van der Waals surface area contributed by atoms with Crippen LogP contribution in [-0.4, -0.2) is 47.3 Å². The second-order valence-electron chi connectivity index (χ2n) is 6.36. The standard InChI is InChI=1S/C20H18ClN3O3/c1-24(11-15-12-26-18-7-2-3-8-19(18)27-15)20(25)17-10-16(22-23-17)13-5-4-6-14(21)9-13/h2-10,15H,11-12H2,1H3,(H,22,23)/t15-/m0/s1. The van der Waals surface area contributed by atoms with Gasteiger partial charge in [-0.3, -0.25) is 9.89 Å². The molecule has 0 unspecified atom stereocenters. The van der Waals surface area contributed by atoms with E-state index >= 15 is 0 Å². The minimum absolute atomic E-state index is 0.168. The summed E-state index contributed by atoms with van der Waals surface area (Å²) < 4.78 is 11.6. The van der Waals surface area contributed by atoms with Gasteiger partial charge in [0, 0.05) is 17.6 Å². The molecule has 1 aromatic heterocycles. The minimum atomic E-state index is -0.232. The molecule has 0 bridgehead atoms. The molecule has 1 atom stereocenters. The first kappa shape index (κ1) is 17.4. The van der Waals surface area contributed by atoms with Gasteiger partial charge in [-0.15, -0.1) is 0 Å². The number of carbonyl (C=O) groups excluding carboxylic acids is 1. The smallest absolute Gasteiger partial charge is 0.271 e. The lowest BCUT2D eigenvalue weighted by atomic mass is 10.1. The first-order chi connectivity index (χ1) is 13.1. The van der Waals surface area contributed by atoms with E-state index in [1.165, 1.54) is 0 Å². The monoisotopic (exact) mass is 383 g/mol. The first-order valence-corrected chi connectivity index (χ1v) is 8.93. The van der Waals surface area contributed by atoms with Crippen molar-refractivity contribution in [2.24, 2.45) is 0 Å². The van der Waals surface area contributed by atoms with Gasteiger partial charge in [0.2, 0.25) is 0 Å². The molecular formula is C20H18ClN3O3. The maximum Gasteiger partial charge on any atom is 0.271 e. The van der Waals surface area contributed by atoms with E-state index in [1.54, 1.807) is 30.1 Å². The highest BCUT2D eigenvalue weighted by Gasteiger charge is 2.25. The SMILES string of the molecule is CN(C[C@H]1COc2ccccc2O1)C(=O)c1cc(-c2cccc(Cl)c2)n[nH]1. The van der Waals surface area contributed by atoms with Crippen molar-refractivity contribution in [1.82, 2.24) is 15.1 Å². The number of fused-ring (bicyclic) bond motifs is 1. The summed E-state index contributed by atoms with van der Waals surface area (Å²) in [5.41, 5.74) is 1.92. The first-order valence-electron chi connectivity index (χ1n) is 8.55. The van der Waals surface area contributed by atoms with E-state index in [1.807, 2.05) is 36.4 Å². The van der Waals surface area contributed by atoms with Gasteiger partial charge in [0.15, 0.2) is 17.6 Å². The second kappa shape index (κ2) is 7.32. The summed E-state index contributed by atoms with van der Waals surface area (Å²) in [4.78, 5) is 14.3. The number of benzene rings is 2. The number of para-hydroxylation sites is 2. The zero-order valence-electron chi connectivity index (χ0n) is 14.7. The van der Waals surface area contributed by atoms with E-state index < -0.39 is 0 Å². The van der Waals surface area contributed by atoms with Crippen molar-refractivity contribution in [3.8, 4) is 22.8 Å². The van der Waals surface area contributed by atoms with Gasteiger partial charge < -0.3 is 14.4 Å². The Morgan fingerprint density at radius 1 is 1.22 bits per heavy atom. The molecule has 2 aromatic carbocycles. The molecule has 0 saturated carbocycles. The zero-order chi connectivity index (χ0) is 18.8. The summed E-state index contributed by atoms with van der Waals surface area (Å²) in [6.07, 6.45) is -0.232. The van der Waals surface area contributed by atoms with Crippen molar-refractivity contribution >= 4 is 17.5 Å². The van der Waals surface area contributed by atoms with Gasteiger partial charge in [-0.2, -0.15) is 5.10 Å². The highest BCUT2D eigenvalue weighted by molar-refractivity contribution is 6.30. The lowest BCUT2D eigenvalue weighted by Crippen LogP contribution is -2.41. The fourth-order valence-electron chi connectivity index (χ4n) is 2.97. The number of hydrogen-bond donors (Lipinski definition) is 1. The third-order valence-corrected chi connectivity index (χ3v) is 4.56. The summed E-state index contributed by atoms with van der Waals surface area (Å²) >= 11 is 6.02. The Hall–Kier alpha value is -2.99. The van der Waals surface area contributed by atoms with Gasteiger partial charge in [-0.25, -0.2) is 0 Å². The molecule has 2 heterocycles. The molecule has 1 aliphatic heterocycles. The third-order valence-electron chi connectivity index (χ3n) is 4.32. The molecule has 1 aliphatic rings. The topological polar surface area (TPSA) is 67.5 Å². The van der Waals surface area contributed by atoms with Crippen LogP contribution in [0.25, 0.3) is 11.3 Å². The lowest BCUT2D eigenvalue weighted by Gasteiger charge is -2.29. The molecule has 0 saturated heterocycles. The van der Waals surface area contributed by atoms with E-state index in [9.17, 15) is 4.79 Å². The number of aromatic nitrogens is 2. The number of nitrogens with zero attached hydrogens (tertiary/aromatic N) is 2. The molecule has 1 N–H and O–H groups in total. The normalized spacial score (nSPS) is 15.4. The van der Waals surface area contributed by atoms with Crippen LogP contribution in [0.1, 0.15) is 10.5 Å². The molecule has 0 radical (unpaired) electrons.